The molecule has 2 amide bonds. The van der Waals surface area contributed by atoms with Crippen molar-refractivity contribution in [1.82, 2.24) is 9.97 Å². The second-order valence-electron chi connectivity index (χ2n) is 20.4. The predicted octanol–water partition coefficient (Wildman–Crippen LogP) is 14.3. The van der Waals surface area contributed by atoms with Crippen molar-refractivity contribution in [1.29, 1.82) is 0 Å². The number of aryl methyl sites for hydroxylation is 5. The number of carbonyl (C=O) groups excluding carboxylic acids is 2. The van der Waals surface area contributed by atoms with Crippen molar-refractivity contribution in [2.75, 3.05) is 44.8 Å². The second-order valence-corrected chi connectivity index (χ2v) is 20.4. The number of methoxy groups -OCH3 is 4. The molecule has 0 saturated heterocycles. The van der Waals surface area contributed by atoms with Crippen LogP contribution in [0.5, 0.6) is 17.2 Å². The smallest absolute Gasteiger partial charge is 0.336 e. The molecule has 0 aliphatic heterocycles. The zero-order valence-corrected chi connectivity index (χ0v) is 51.9. The van der Waals surface area contributed by atoms with Gasteiger partial charge in [0, 0.05) is 63.4 Å². The number of aromatic nitrogens is 2. The molecule has 2 heterocycles. The molecule has 2 aromatic heterocycles. The van der Waals surface area contributed by atoms with Gasteiger partial charge in [-0.15, -0.1) is 0 Å². The largest absolute Gasteiger partial charge is 0.497 e. The Hall–Kier alpha value is -11.4. The summed E-state index contributed by atoms with van der Waals surface area (Å²) in [6.07, 6.45) is 10.7. The number of carboxylic acid groups (broad SMARTS) is 4. The first-order chi connectivity index (χ1) is 43.4. The van der Waals surface area contributed by atoms with Gasteiger partial charge in [-0.1, -0.05) is 82.0 Å². The highest BCUT2D eigenvalue weighted by Crippen LogP contribution is 2.35. The lowest BCUT2D eigenvalue weighted by molar-refractivity contribution is -0.384. The molecule has 0 radical (unpaired) electrons. The lowest BCUT2D eigenvalue weighted by Gasteiger charge is -2.13. The molecule has 476 valence electrons. The molecule has 22 nitrogen and oxygen atoms in total. The van der Waals surface area contributed by atoms with Crippen LogP contribution in [0, 0.1) is 24.0 Å². The first-order valence-electron chi connectivity index (χ1n) is 28.6. The molecule has 0 saturated carbocycles. The zero-order chi connectivity index (χ0) is 67.1. The fourth-order valence-corrected chi connectivity index (χ4v) is 9.26. The number of aromatic amines is 2. The van der Waals surface area contributed by atoms with E-state index in [0.29, 0.717) is 39.9 Å². The maximum atomic E-state index is 12.2. The summed E-state index contributed by atoms with van der Waals surface area (Å²) in [5, 5.41) is 54.2. The number of benzene rings is 7. The monoisotopic (exact) mass is 1240 g/mol. The highest BCUT2D eigenvalue weighted by atomic mass is 16.6. The second kappa shape index (κ2) is 33.6. The molecule has 10 N–H and O–H groups in total. The van der Waals surface area contributed by atoms with Crippen LogP contribution in [0.3, 0.4) is 0 Å². The van der Waals surface area contributed by atoms with Gasteiger partial charge in [0.05, 0.1) is 78.3 Å². The van der Waals surface area contributed by atoms with E-state index in [1.165, 1.54) is 134 Å². The quantitative estimate of drug-likeness (QED) is 0.0148. The summed E-state index contributed by atoms with van der Waals surface area (Å²) in [7, 11) is 6.17. The van der Waals surface area contributed by atoms with Crippen LogP contribution in [0.4, 0.5) is 22.7 Å². The number of non-ortho nitro benzene ring substituents is 1. The summed E-state index contributed by atoms with van der Waals surface area (Å²) in [6.45, 7) is 13.7. The van der Waals surface area contributed by atoms with E-state index in [1.54, 1.807) is 65.5 Å². The molecule has 22 heteroatoms. The Kier molecular flexibility index (Phi) is 26.0. The SMILES string of the molecule is C=C(OC)c1cc(OC)c(OC)cc1N.CCCc1c[nH]c2c(OC)cc([N+](=O)[O-])cc12.CCCc1ccc2[nH]cc(CCC)c2c1.Cc1ccc(C(=O)Nc2ccc(C(=O)O)cc2)c(C(=O)O)c1.Cc1ccc(C(=O)Nc2cccc(C(=O)O)c2)c(C(=O)O)c1. The summed E-state index contributed by atoms with van der Waals surface area (Å²) in [5.41, 5.74) is 15.3. The predicted molar refractivity (Wildman–Crippen MR) is 351 cm³/mol. The number of nitrogens with one attached hydrogen (secondary N) is 4. The zero-order valence-electron chi connectivity index (χ0n) is 51.9. The van der Waals surface area contributed by atoms with E-state index >= 15 is 0 Å². The molecule has 0 bridgehead atoms. The first-order valence-corrected chi connectivity index (χ1v) is 28.6. The minimum Gasteiger partial charge on any atom is -0.497 e. The number of H-pyrrole nitrogens is 2. The number of nitrogen functional groups attached to an aromatic ring is 1. The Labute approximate surface area is 525 Å². The summed E-state index contributed by atoms with van der Waals surface area (Å²) in [6, 6.07) is 33.5. The Balaban J connectivity index is 0.000000209. The Morgan fingerprint density at radius 3 is 1.57 bits per heavy atom. The van der Waals surface area contributed by atoms with Crippen molar-refractivity contribution in [3.63, 3.8) is 0 Å². The summed E-state index contributed by atoms with van der Waals surface area (Å²) < 4.78 is 20.5. The normalized spacial score (nSPS) is 10.3. The van der Waals surface area contributed by atoms with E-state index in [0.717, 1.165) is 40.4 Å². The highest BCUT2D eigenvalue weighted by Gasteiger charge is 2.20. The third kappa shape index (κ3) is 19.3. The number of nitrogens with zero attached hydrogens (tertiary/aromatic N) is 1. The number of amides is 2. The molecule has 0 atom stereocenters. The number of hydrogen-bond donors (Lipinski definition) is 9. The van der Waals surface area contributed by atoms with Gasteiger partial charge >= 0.3 is 23.9 Å². The first kappa shape index (κ1) is 70.3. The lowest BCUT2D eigenvalue weighted by Crippen LogP contribution is -2.17. The fourth-order valence-electron chi connectivity index (χ4n) is 9.26. The van der Waals surface area contributed by atoms with Crippen LogP contribution in [0.15, 0.2) is 146 Å². The number of nitro groups is 1. The van der Waals surface area contributed by atoms with Crippen LogP contribution in [0.1, 0.15) is 136 Å². The van der Waals surface area contributed by atoms with Crippen molar-refractivity contribution in [2.45, 2.75) is 73.1 Å². The van der Waals surface area contributed by atoms with Gasteiger partial charge in [0.1, 0.15) is 11.5 Å². The molecule has 9 rings (SSSR count). The van der Waals surface area contributed by atoms with Crippen molar-refractivity contribution >= 4 is 86.0 Å². The summed E-state index contributed by atoms with van der Waals surface area (Å²) in [5.74, 6) is -3.56. The fraction of sp³-hybridized carbons (Fsp3) is 0.217. The van der Waals surface area contributed by atoms with Gasteiger partial charge < -0.3 is 65.7 Å². The van der Waals surface area contributed by atoms with E-state index in [1.807, 2.05) is 6.20 Å². The number of carbonyl (C=O) groups is 6. The average molecular weight is 1240 g/mol. The molecule has 0 aliphatic carbocycles. The van der Waals surface area contributed by atoms with E-state index in [9.17, 15) is 38.9 Å². The molecular weight excluding hydrogens is 1170 g/mol. The van der Waals surface area contributed by atoms with E-state index in [2.05, 4.69) is 72.3 Å². The number of ether oxygens (including phenoxy) is 4. The van der Waals surface area contributed by atoms with Crippen LogP contribution >= 0.6 is 0 Å². The number of anilines is 3. The molecule has 0 fully saturated rings. The Bertz CT molecular complexity index is 4090. The van der Waals surface area contributed by atoms with E-state index in [4.69, 9.17) is 45.1 Å². The maximum absolute atomic E-state index is 12.2. The average Bonchev–Trinajstić information content (AvgIpc) is 1.78. The minimum atomic E-state index is -1.20. The van der Waals surface area contributed by atoms with Gasteiger partial charge in [0.25, 0.3) is 17.5 Å². The van der Waals surface area contributed by atoms with Crippen LogP contribution in [0.25, 0.3) is 27.6 Å². The van der Waals surface area contributed by atoms with Crippen LogP contribution in [-0.2, 0) is 24.0 Å². The Morgan fingerprint density at radius 1 is 0.538 bits per heavy atom. The van der Waals surface area contributed by atoms with Gasteiger partial charge in [-0.2, -0.15) is 0 Å². The van der Waals surface area contributed by atoms with Crippen LogP contribution < -0.4 is 30.6 Å². The number of aromatic carboxylic acids is 4. The molecule has 7 aromatic carbocycles. The van der Waals surface area contributed by atoms with Crippen molar-refractivity contribution in [3.05, 3.63) is 223 Å². The number of fused-ring (bicyclic) bond motifs is 2. The van der Waals surface area contributed by atoms with Crippen molar-refractivity contribution < 1.29 is 73.1 Å². The maximum Gasteiger partial charge on any atom is 0.336 e. The number of hydrogen-bond acceptors (Lipinski definition) is 13. The van der Waals surface area contributed by atoms with Gasteiger partial charge in [0.2, 0.25) is 0 Å². The van der Waals surface area contributed by atoms with E-state index in [-0.39, 0.29) is 44.8 Å². The van der Waals surface area contributed by atoms with E-state index < -0.39 is 40.6 Å². The molecule has 9 aromatic rings. The number of carboxylic acids is 4. The van der Waals surface area contributed by atoms with Crippen LogP contribution in [0.2, 0.25) is 0 Å². The van der Waals surface area contributed by atoms with Gasteiger partial charge in [-0.25, -0.2) is 19.2 Å². The Morgan fingerprint density at radius 2 is 1.07 bits per heavy atom. The van der Waals surface area contributed by atoms with Gasteiger partial charge in [-0.3, -0.25) is 19.7 Å². The van der Waals surface area contributed by atoms with Gasteiger partial charge in [-0.05, 0) is 135 Å². The standard InChI is InChI=1S/2C16H13NO5.C14H19N.C12H14N2O3.C11H15NO3/c1-9-2-7-12(13(8-9)16(21)22)14(18)17-11-5-3-10(4-6-11)15(19)20;1-9-5-6-12(13(7-9)16(21)22)14(18)17-11-4-2-3-10(8-11)15(19)20;1-3-5-11-7-8-14-13(9-11)12(6-4-2)10-15-14;1-3-4-8-7-13-12-10(8)5-9(14(15)16)6-11(12)17-2;1-7(13-2)8-5-10(14-3)11(15-4)6-9(8)12/h2*2-8H,1H3,(H,17,18)(H,19,20)(H,21,22);7-10,15H,3-6H2,1-2H3;5-7,13H,3-4H2,1-2H3;5-6H,1,12H2,2-4H3. The van der Waals surface area contributed by atoms with Crippen LogP contribution in [-0.4, -0.2) is 99.4 Å². The third-order valence-corrected chi connectivity index (χ3v) is 13.8. The van der Waals surface area contributed by atoms with Crippen molar-refractivity contribution in [3.8, 4) is 17.2 Å². The molecule has 0 aliphatic rings. The highest BCUT2D eigenvalue weighted by molar-refractivity contribution is 6.12. The summed E-state index contributed by atoms with van der Waals surface area (Å²) in [4.78, 5) is 85.4. The lowest BCUT2D eigenvalue weighted by atomic mass is 10.0. The number of nitro benzene ring substituents is 1. The number of rotatable bonds is 20. The molecular formula is C69H74N6O16. The topological polar surface area (TPSA) is 345 Å². The van der Waals surface area contributed by atoms with Gasteiger partial charge in [0.15, 0.2) is 11.5 Å². The van der Waals surface area contributed by atoms with Crippen molar-refractivity contribution in [2.24, 2.45) is 0 Å². The molecule has 0 spiro atoms. The minimum absolute atomic E-state index is 0.0128. The summed E-state index contributed by atoms with van der Waals surface area (Å²) >= 11 is 0. The third-order valence-electron chi connectivity index (χ3n) is 13.8. The molecule has 0 unspecified atom stereocenters. The molecule has 91 heavy (non-hydrogen) atoms. The number of nitrogens with two attached hydrogens (primary N) is 1.